The molecule has 11 heteroatoms. The van der Waals surface area contributed by atoms with E-state index >= 15 is 0 Å². The molecule has 150 valence electrons. The van der Waals surface area contributed by atoms with Crippen molar-refractivity contribution in [2.45, 2.75) is 63.8 Å². The highest BCUT2D eigenvalue weighted by molar-refractivity contribution is 5.83. The SMILES string of the molecule is CCC(CC)Nc1nc(C(F)(F)F)nc2c1ncn2C1OC(CO)CC1F. The maximum atomic E-state index is 14.3. The number of halogens is 4. The van der Waals surface area contributed by atoms with Crippen molar-refractivity contribution in [3.63, 3.8) is 0 Å². The van der Waals surface area contributed by atoms with Gasteiger partial charge in [-0.3, -0.25) is 4.57 Å². The lowest BCUT2D eigenvalue weighted by Crippen LogP contribution is -2.21. The summed E-state index contributed by atoms with van der Waals surface area (Å²) in [7, 11) is 0. The van der Waals surface area contributed by atoms with E-state index in [-0.39, 0.29) is 36.1 Å². The summed E-state index contributed by atoms with van der Waals surface area (Å²) in [6.45, 7) is 3.42. The molecule has 1 aliphatic heterocycles. The molecule has 3 rings (SSSR count). The summed E-state index contributed by atoms with van der Waals surface area (Å²) in [5.74, 6) is -1.38. The lowest BCUT2D eigenvalue weighted by molar-refractivity contribution is -0.144. The number of hydrogen-bond donors (Lipinski definition) is 2. The number of nitrogens with zero attached hydrogens (tertiary/aromatic N) is 4. The van der Waals surface area contributed by atoms with Gasteiger partial charge in [0.15, 0.2) is 23.2 Å². The van der Waals surface area contributed by atoms with Gasteiger partial charge in [0.05, 0.1) is 19.0 Å². The smallest absolute Gasteiger partial charge is 0.394 e. The lowest BCUT2D eigenvalue weighted by Gasteiger charge is -2.18. The van der Waals surface area contributed by atoms with Crippen molar-refractivity contribution in [2.75, 3.05) is 11.9 Å². The molecule has 3 atom stereocenters. The van der Waals surface area contributed by atoms with Crippen LogP contribution < -0.4 is 5.32 Å². The first-order valence-electron chi connectivity index (χ1n) is 8.77. The zero-order valence-electron chi connectivity index (χ0n) is 14.9. The zero-order chi connectivity index (χ0) is 19.8. The number of alkyl halides is 4. The molecule has 3 unspecified atom stereocenters. The molecular weight excluding hydrogens is 370 g/mol. The molecule has 7 nitrogen and oxygen atoms in total. The number of anilines is 1. The topological polar surface area (TPSA) is 85.1 Å². The second kappa shape index (κ2) is 7.55. The van der Waals surface area contributed by atoms with E-state index in [1.807, 2.05) is 13.8 Å². The summed E-state index contributed by atoms with van der Waals surface area (Å²) in [5.41, 5.74) is -0.0600. The van der Waals surface area contributed by atoms with Crippen LogP contribution in [-0.4, -0.2) is 49.5 Å². The average molecular weight is 391 g/mol. The number of aliphatic hydroxyl groups excluding tert-OH is 1. The van der Waals surface area contributed by atoms with Crippen molar-refractivity contribution in [3.8, 4) is 0 Å². The molecule has 1 fully saturated rings. The Bertz CT molecular complexity index is 793. The van der Waals surface area contributed by atoms with Crippen LogP contribution in [0.3, 0.4) is 0 Å². The Morgan fingerprint density at radius 1 is 1.33 bits per heavy atom. The third kappa shape index (κ3) is 3.84. The van der Waals surface area contributed by atoms with E-state index in [1.165, 1.54) is 6.33 Å². The molecule has 27 heavy (non-hydrogen) atoms. The van der Waals surface area contributed by atoms with Crippen molar-refractivity contribution in [1.29, 1.82) is 0 Å². The molecule has 0 spiro atoms. The van der Waals surface area contributed by atoms with Gasteiger partial charge in [0.2, 0.25) is 5.82 Å². The fraction of sp³-hybridized carbons (Fsp3) is 0.688. The molecule has 0 aromatic carbocycles. The highest BCUT2D eigenvalue weighted by atomic mass is 19.4. The Kier molecular flexibility index (Phi) is 5.52. The monoisotopic (exact) mass is 391 g/mol. The summed E-state index contributed by atoms with van der Waals surface area (Å²) < 4.78 is 60.7. The Balaban J connectivity index is 2.10. The summed E-state index contributed by atoms with van der Waals surface area (Å²) >= 11 is 0. The van der Waals surface area contributed by atoms with Crippen LogP contribution in [0.15, 0.2) is 6.33 Å². The molecule has 2 aromatic heterocycles. The second-order valence-electron chi connectivity index (χ2n) is 6.46. The van der Waals surface area contributed by atoms with Gasteiger partial charge in [-0.15, -0.1) is 0 Å². The molecule has 0 saturated carbocycles. The third-order valence-corrected chi connectivity index (χ3v) is 4.61. The number of aromatic nitrogens is 4. The van der Waals surface area contributed by atoms with Gasteiger partial charge in [0.1, 0.15) is 6.17 Å². The van der Waals surface area contributed by atoms with E-state index < -0.39 is 30.5 Å². The molecule has 1 saturated heterocycles. The molecule has 0 radical (unpaired) electrons. The van der Waals surface area contributed by atoms with E-state index in [2.05, 4.69) is 20.3 Å². The molecule has 2 aromatic rings. The average Bonchev–Trinajstić information content (AvgIpc) is 3.21. The Labute approximate surface area is 152 Å². The molecule has 0 bridgehead atoms. The maximum Gasteiger partial charge on any atom is 0.451 e. The summed E-state index contributed by atoms with van der Waals surface area (Å²) in [5, 5.41) is 12.1. The lowest BCUT2D eigenvalue weighted by atomic mass is 10.2. The van der Waals surface area contributed by atoms with Crippen LogP contribution >= 0.6 is 0 Å². The number of nitrogens with one attached hydrogen (secondary N) is 1. The minimum Gasteiger partial charge on any atom is -0.394 e. The molecule has 2 N–H and O–H groups in total. The van der Waals surface area contributed by atoms with Gasteiger partial charge >= 0.3 is 6.18 Å². The van der Waals surface area contributed by atoms with Crippen molar-refractivity contribution in [2.24, 2.45) is 0 Å². The van der Waals surface area contributed by atoms with Gasteiger partial charge in [-0.25, -0.2) is 19.3 Å². The normalized spacial score (nSPS) is 23.5. The van der Waals surface area contributed by atoms with Crippen molar-refractivity contribution in [1.82, 2.24) is 19.5 Å². The number of fused-ring (bicyclic) bond motifs is 1. The quantitative estimate of drug-likeness (QED) is 0.737. The number of aliphatic hydroxyl groups is 1. The van der Waals surface area contributed by atoms with Gasteiger partial charge in [-0.2, -0.15) is 13.2 Å². The summed E-state index contributed by atoms with van der Waals surface area (Å²) in [6.07, 6.45) is -5.71. The third-order valence-electron chi connectivity index (χ3n) is 4.61. The van der Waals surface area contributed by atoms with Crippen molar-refractivity contribution in [3.05, 3.63) is 12.2 Å². The fourth-order valence-electron chi connectivity index (χ4n) is 3.08. The van der Waals surface area contributed by atoms with Gasteiger partial charge in [-0.1, -0.05) is 13.8 Å². The number of imidazole rings is 1. The van der Waals surface area contributed by atoms with Crippen LogP contribution in [0.2, 0.25) is 0 Å². The Hall–Kier alpha value is -2.01. The van der Waals surface area contributed by atoms with Crippen molar-refractivity contribution < 1.29 is 27.4 Å². The van der Waals surface area contributed by atoms with Crippen LogP contribution in [0.4, 0.5) is 23.4 Å². The molecule has 0 amide bonds. The minimum atomic E-state index is -4.77. The first kappa shape index (κ1) is 19.7. The van der Waals surface area contributed by atoms with E-state index in [0.717, 1.165) is 4.57 Å². The van der Waals surface area contributed by atoms with Gasteiger partial charge in [0, 0.05) is 12.5 Å². The molecule has 1 aliphatic rings. The van der Waals surface area contributed by atoms with Crippen LogP contribution in [0, 0.1) is 0 Å². The maximum absolute atomic E-state index is 14.3. The number of ether oxygens (including phenoxy) is 1. The molecule has 3 heterocycles. The predicted octanol–water partition coefficient (Wildman–Crippen LogP) is 3.06. The standard InChI is InChI=1S/C16H21F4N5O2/c1-3-8(4-2)22-12-11-13(24-15(23-12)16(18,19)20)25(7-21-11)14-10(17)5-9(6-26)27-14/h7-10,14,26H,3-6H2,1-2H3,(H,22,23,24). The Morgan fingerprint density at radius 2 is 2.04 bits per heavy atom. The van der Waals surface area contributed by atoms with Crippen LogP contribution in [0.5, 0.6) is 0 Å². The summed E-state index contributed by atoms with van der Waals surface area (Å²) in [6, 6.07) is -0.0928. The minimum absolute atomic E-state index is 0.0492. The van der Waals surface area contributed by atoms with E-state index in [0.29, 0.717) is 12.8 Å². The largest absolute Gasteiger partial charge is 0.451 e. The highest BCUT2D eigenvalue weighted by Crippen LogP contribution is 2.35. The first-order chi connectivity index (χ1) is 12.8. The van der Waals surface area contributed by atoms with Crippen molar-refractivity contribution >= 4 is 17.0 Å². The van der Waals surface area contributed by atoms with E-state index in [9.17, 15) is 17.6 Å². The Morgan fingerprint density at radius 3 is 2.59 bits per heavy atom. The first-order valence-corrected chi connectivity index (χ1v) is 8.77. The second-order valence-corrected chi connectivity index (χ2v) is 6.46. The predicted molar refractivity (Wildman–Crippen MR) is 88.8 cm³/mol. The summed E-state index contributed by atoms with van der Waals surface area (Å²) in [4.78, 5) is 11.3. The van der Waals surface area contributed by atoms with E-state index in [1.54, 1.807) is 0 Å². The van der Waals surface area contributed by atoms with Gasteiger partial charge in [0.25, 0.3) is 0 Å². The van der Waals surface area contributed by atoms with Crippen LogP contribution in [0.1, 0.15) is 45.2 Å². The van der Waals surface area contributed by atoms with Gasteiger partial charge in [-0.05, 0) is 12.8 Å². The van der Waals surface area contributed by atoms with Gasteiger partial charge < -0.3 is 15.2 Å². The zero-order valence-corrected chi connectivity index (χ0v) is 14.9. The molecular formula is C16H21F4N5O2. The van der Waals surface area contributed by atoms with E-state index in [4.69, 9.17) is 9.84 Å². The van der Waals surface area contributed by atoms with Crippen LogP contribution in [0.25, 0.3) is 11.2 Å². The number of rotatable bonds is 6. The fourth-order valence-corrected chi connectivity index (χ4v) is 3.08. The van der Waals surface area contributed by atoms with Crippen LogP contribution in [-0.2, 0) is 10.9 Å². The molecule has 0 aliphatic carbocycles. The highest BCUT2D eigenvalue weighted by Gasteiger charge is 2.40. The number of hydrogen-bond acceptors (Lipinski definition) is 6.